The van der Waals surface area contributed by atoms with Crippen molar-refractivity contribution in [1.82, 2.24) is 10.2 Å². The number of carbonyl (C=O) groups is 2. The average Bonchev–Trinajstić information content (AvgIpc) is 3.00. The maximum absolute atomic E-state index is 14.1. The van der Waals surface area contributed by atoms with Gasteiger partial charge in [0.1, 0.15) is 31.5 Å². The van der Waals surface area contributed by atoms with Crippen molar-refractivity contribution in [3.63, 3.8) is 0 Å². The third kappa shape index (κ3) is 7.63. The zero-order valence-corrected chi connectivity index (χ0v) is 25.0. The summed E-state index contributed by atoms with van der Waals surface area (Å²) in [6.45, 7) is 3.83. The van der Waals surface area contributed by atoms with E-state index in [-0.39, 0.29) is 24.2 Å². The van der Waals surface area contributed by atoms with Crippen LogP contribution in [0.3, 0.4) is 0 Å². The van der Waals surface area contributed by atoms with Crippen LogP contribution >= 0.6 is 0 Å². The van der Waals surface area contributed by atoms with Gasteiger partial charge in [-0.3, -0.25) is 13.9 Å². The van der Waals surface area contributed by atoms with Gasteiger partial charge < -0.3 is 24.4 Å². The molecule has 41 heavy (non-hydrogen) atoms. The molecule has 2 amide bonds. The standard InChI is InChI=1S/C30H41N3O7S/c1-4-26(30(35)31-23-9-7-6-8-10-23)32(20-22-11-14-25(38-3)15-12-22)29(34)21-33(41(36,37)5-2)24-13-16-27-28(19-24)40-18-17-39-27/h11-16,19,23,26H,4-10,17-18,20-21H2,1-3H3,(H,31,35)/t26-/m1/s1. The lowest BCUT2D eigenvalue weighted by Gasteiger charge is -2.34. The molecular weight excluding hydrogens is 546 g/mol. The predicted octanol–water partition coefficient (Wildman–Crippen LogP) is 3.88. The van der Waals surface area contributed by atoms with Crippen LogP contribution in [0.4, 0.5) is 5.69 Å². The molecule has 1 N–H and O–H groups in total. The Morgan fingerprint density at radius 1 is 1.00 bits per heavy atom. The zero-order chi connectivity index (χ0) is 29.4. The molecule has 0 bridgehead atoms. The summed E-state index contributed by atoms with van der Waals surface area (Å²) in [4.78, 5) is 29.1. The second kappa shape index (κ2) is 13.9. The number of nitrogens with zero attached hydrogens (tertiary/aromatic N) is 2. The van der Waals surface area contributed by atoms with Gasteiger partial charge in [0.25, 0.3) is 0 Å². The molecule has 0 saturated heterocycles. The Morgan fingerprint density at radius 2 is 1.68 bits per heavy atom. The molecule has 2 aromatic rings. The Kier molecular flexibility index (Phi) is 10.4. The van der Waals surface area contributed by atoms with Gasteiger partial charge in [-0.05, 0) is 56.0 Å². The number of rotatable bonds is 12. The molecule has 1 saturated carbocycles. The smallest absolute Gasteiger partial charge is 0.244 e. The highest BCUT2D eigenvalue weighted by Gasteiger charge is 2.33. The number of anilines is 1. The van der Waals surface area contributed by atoms with Gasteiger partial charge in [-0.15, -0.1) is 0 Å². The normalized spacial score (nSPS) is 16.0. The molecule has 0 spiro atoms. The maximum Gasteiger partial charge on any atom is 0.244 e. The van der Waals surface area contributed by atoms with Crippen LogP contribution in [0.1, 0.15) is 57.9 Å². The first-order chi connectivity index (χ1) is 19.7. The van der Waals surface area contributed by atoms with Gasteiger partial charge in [0.2, 0.25) is 21.8 Å². The van der Waals surface area contributed by atoms with Crippen molar-refractivity contribution in [2.24, 2.45) is 0 Å². The molecule has 4 rings (SSSR count). The number of benzene rings is 2. The van der Waals surface area contributed by atoms with E-state index in [9.17, 15) is 18.0 Å². The number of hydrogen-bond acceptors (Lipinski definition) is 7. The molecule has 2 aromatic carbocycles. The summed E-state index contributed by atoms with van der Waals surface area (Å²) in [5, 5.41) is 3.15. The number of amides is 2. The molecule has 0 radical (unpaired) electrons. The van der Waals surface area contributed by atoms with Gasteiger partial charge >= 0.3 is 0 Å². The van der Waals surface area contributed by atoms with Crippen molar-refractivity contribution < 1.29 is 32.2 Å². The van der Waals surface area contributed by atoms with Gasteiger partial charge in [0, 0.05) is 18.7 Å². The van der Waals surface area contributed by atoms with E-state index in [0.29, 0.717) is 42.6 Å². The van der Waals surface area contributed by atoms with Gasteiger partial charge in [-0.25, -0.2) is 8.42 Å². The second-order valence-corrected chi connectivity index (χ2v) is 12.6. The Morgan fingerprint density at radius 3 is 2.32 bits per heavy atom. The molecule has 1 heterocycles. The number of carbonyl (C=O) groups excluding carboxylic acids is 2. The van der Waals surface area contributed by atoms with Crippen LogP contribution in [0.25, 0.3) is 0 Å². The summed E-state index contributed by atoms with van der Waals surface area (Å²) in [7, 11) is -2.28. The highest BCUT2D eigenvalue weighted by molar-refractivity contribution is 7.92. The Balaban J connectivity index is 1.64. The van der Waals surface area contributed by atoms with Crippen molar-refractivity contribution in [2.45, 2.75) is 71.0 Å². The number of sulfonamides is 1. The Hall–Kier alpha value is -3.47. The molecule has 11 heteroatoms. The zero-order valence-electron chi connectivity index (χ0n) is 24.1. The summed E-state index contributed by atoms with van der Waals surface area (Å²) in [5.74, 6) is 0.723. The fourth-order valence-corrected chi connectivity index (χ4v) is 6.35. The van der Waals surface area contributed by atoms with E-state index in [2.05, 4.69) is 5.32 Å². The van der Waals surface area contributed by atoms with Crippen LogP contribution in [0.2, 0.25) is 0 Å². The molecule has 10 nitrogen and oxygen atoms in total. The van der Waals surface area contributed by atoms with Crippen molar-refractivity contribution in [3.05, 3.63) is 48.0 Å². The van der Waals surface area contributed by atoms with Crippen LogP contribution < -0.4 is 23.8 Å². The summed E-state index contributed by atoms with van der Waals surface area (Å²) in [5.41, 5.74) is 1.10. The fourth-order valence-electron chi connectivity index (χ4n) is 5.30. The van der Waals surface area contributed by atoms with Crippen LogP contribution in [0.15, 0.2) is 42.5 Å². The minimum absolute atomic E-state index is 0.0814. The molecule has 0 unspecified atom stereocenters. The largest absolute Gasteiger partial charge is 0.497 e. The van der Waals surface area contributed by atoms with Crippen LogP contribution in [0.5, 0.6) is 17.2 Å². The molecule has 1 atom stereocenters. The third-order valence-electron chi connectivity index (χ3n) is 7.64. The first-order valence-electron chi connectivity index (χ1n) is 14.4. The highest BCUT2D eigenvalue weighted by Crippen LogP contribution is 2.35. The van der Waals surface area contributed by atoms with Crippen LogP contribution in [-0.2, 0) is 26.2 Å². The quantitative estimate of drug-likeness (QED) is 0.401. The fraction of sp³-hybridized carbons (Fsp3) is 0.533. The lowest BCUT2D eigenvalue weighted by Crippen LogP contribution is -2.54. The van der Waals surface area contributed by atoms with Crippen molar-refractivity contribution >= 4 is 27.5 Å². The summed E-state index contributed by atoms with van der Waals surface area (Å²) in [6, 6.07) is 11.4. The Bertz CT molecular complexity index is 1290. The van der Waals surface area contributed by atoms with E-state index in [0.717, 1.165) is 42.0 Å². The lowest BCUT2D eigenvalue weighted by atomic mass is 9.95. The molecule has 1 aliphatic carbocycles. The number of hydrogen-bond donors (Lipinski definition) is 1. The van der Waals surface area contributed by atoms with Gasteiger partial charge in [-0.2, -0.15) is 0 Å². The van der Waals surface area contributed by atoms with E-state index < -0.39 is 28.5 Å². The SMILES string of the molecule is CC[C@H](C(=O)NC1CCCCC1)N(Cc1ccc(OC)cc1)C(=O)CN(c1ccc2c(c1)OCCO2)S(=O)(=O)CC. The predicted molar refractivity (Wildman–Crippen MR) is 157 cm³/mol. The monoisotopic (exact) mass is 587 g/mol. The van der Waals surface area contributed by atoms with Crippen molar-refractivity contribution in [2.75, 3.05) is 36.9 Å². The van der Waals surface area contributed by atoms with E-state index in [1.807, 2.05) is 19.1 Å². The molecule has 0 aromatic heterocycles. The minimum Gasteiger partial charge on any atom is -0.497 e. The number of fused-ring (bicyclic) bond motifs is 1. The molecular formula is C30H41N3O7S. The molecule has 1 aliphatic heterocycles. The summed E-state index contributed by atoms with van der Waals surface area (Å²) < 4.78 is 44.2. The highest BCUT2D eigenvalue weighted by atomic mass is 32.2. The minimum atomic E-state index is -3.85. The number of methoxy groups -OCH3 is 1. The molecule has 224 valence electrons. The van der Waals surface area contributed by atoms with Crippen LogP contribution in [0, 0.1) is 0 Å². The Labute approximate surface area is 243 Å². The second-order valence-electron chi connectivity index (χ2n) is 10.4. The van der Waals surface area contributed by atoms with E-state index in [4.69, 9.17) is 14.2 Å². The maximum atomic E-state index is 14.1. The van der Waals surface area contributed by atoms with Gasteiger partial charge in [-0.1, -0.05) is 38.3 Å². The average molecular weight is 588 g/mol. The van der Waals surface area contributed by atoms with Gasteiger partial charge in [0.15, 0.2) is 11.5 Å². The summed E-state index contributed by atoms with van der Waals surface area (Å²) >= 11 is 0. The molecule has 1 fully saturated rings. The summed E-state index contributed by atoms with van der Waals surface area (Å²) in [6.07, 6.45) is 5.51. The third-order valence-corrected chi connectivity index (χ3v) is 9.38. The number of ether oxygens (including phenoxy) is 3. The van der Waals surface area contributed by atoms with E-state index in [1.54, 1.807) is 37.4 Å². The first kappa shape index (κ1) is 30.5. The van der Waals surface area contributed by atoms with E-state index >= 15 is 0 Å². The van der Waals surface area contributed by atoms with Crippen LogP contribution in [-0.4, -0.2) is 69.8 Å². The van der Waals surface area contributed by atoms with E-state index in [1.165, 1.54) is 11.8 Å². The van der Waals surface area contributed by atoms with Crippen molar-refractivity contribution in [1.29, 1.82) is 0 Å². The van der Waals surface area contributed by atoms with Gasteiger partial charge in [0.05, 0.1) is 18.6 Å². The topological polar surface area (TPSA) is 114 Å². The number of nitrogens with one attached hydrogen (secondary N) is 1. The first-order valence-corrected chi connectivity index (χ1v) is 16.0. The lowest BCUT2D eigenvalue weighted by molar-refractivity contribution is -0.140. The molecule has 2 aliphatic rings. The van der Waals surface area contributed by atoms with Crippen molar-refractivity contribution in [3.8, 4) is 17.2 Å².